The second kappa shape index (κ2) is 8.87. The minimum absolute atomic E-state index is 0.117. The second-order valence-electron chi connectivity index (χ2n) is 8.53. The zero-order valence-electron chi connectivity index (χ0n) is 17.3. The molecule has 1 saturated heterocycles. The van der Waals surface area contributed by atoms with Crippen molar-refractivity contribution >= 4 is 12.2 Å². The normalized spacial score (nSPS) is 17.0. The van der Waals surface area contributed by atoms with Crippen molar-refractivity contribution in [3.05, 3.63) is 83.9 Å². The summed E-state index contributed by atoms with van der Waals surface area (Å²) in [5, 5.41) is 30.5. The number of aromatic hydroxyl groups is 3. The molecule has 0 saturated carbocycles. The molecular formula is C26H29BO3. The van der Waals surface area contributed by atoms with Gasteiger partial charge < -0.3 is 15.3 Å². The van der Waals surface area contributed by atoms with Crippen LogP contribution in [-0.2, 0) is 5.31 Å². The van der Waals surface area contributed by atoms with Gasteiger partial charge in [-0.1, -0.05) is 80.3 Å². The van der Waals surface area contributed by atoms with Crippen LogP contribution in [0.1, 0.15) is 49.7 Å². The Morgan fingerprint density at radius 3 is 1.73 bits per heavy atom. The Kier molecular flexibility index (Phi) is 6.03. The fourth-order valence-corrected chi connectivity index (χ4v) is 5.32. The minimum Gasteiger partial charge on any atom is -0.508 e. The molecule has 3 nitrogen and oxygen atoms in total. The molecule has 0 atom stereocenters. The molecule has 30 heavy (non-hydrogen) atoms. The van der Waals surface area contributed by atoms with Gasteiger partial charge in [0.2, 0.25) is 0 Å². The van der Waals surface area contributed by atoms with Crippen LogP contribution in [0, 0.1) is 0 Å². The average Bonchev–Trinajstić information content (AvgIpc) is 2.84. The first kappa shape index (κ1) is 20.4. The molecule has 4 rings (SSSR count). The average molecular weight is 400 g/mol. The third kappa shape index (κ3) is 4.05. The second-order valence-corrected chi connectivity index (χ2v) is 8.53. The molecule has 1 aliphatic heterocycles. The van der Waals surface area contributed by atoms with Crippen molar-refractivity contribution in [1.29, 1.82) is 0 Å². The Morgan fingerprint density at radius 2 is 1.13 bits per heavy atom. The van der Waals surface area contributed by atoms with E-state index < -0.39 is 5.31 Å². The van der Waals surface area contributed by atoms with Crippen molar-refractivity contribution in [2.45, 2.75) is 50.2 Å². The number of hydrogen-bond donors (Lipinski definition) is 3. The largest absolute Gasteiger partial charge is 0.508 e. The van der Waals surface area contributed by atoms with E-state index in [0.717, 1.165) is 42.2 Å². The number of phenols is 3. The number of phenolic OH excluding ortho intramolecular Hbond substituents is 3. The van der Waals surface area contributed by atoms with E-state index in [-0.39, 0.29) is 24.0 Å². The number of hydrogen-bond acceptors (Lipinski definition) is 3. The van der Waals surface area contributed by atoms with E-state index in [9.17, 15) is 15.3 Å². The lowest BCUT2D eigenvalue weighted by molar-refractivity contribution is 0.469. The maximum absolute atomic E-state index is 10.4. The van der Waals surface area contributed by atoms with Crippen LogP contribution in [0.5, 0.6) is 17.2 Å². The van der Waals surface area contributed by atoms with E-state index in [1.807, 2.05) is 36.4 Å². The molecule has 0 unspecified atom stereocenters. The number of benzene rings is 3. The molecule has 3 aromatic rings. The van der Waals surface area contributed by atoms with E-state index in [4.69, 9.17) is 0 Å². The maximum Gasteiger partial charge on any atom is 0.192 e. The molecule has 4 heteroatoms. The molecule has 0 aromatic heterocycles. The molecule has 0 bridgehead atoms. The highest BCUT2D eigenvalue weighted by atomic mass is 16.3. The van der Waals surface area contributed by atoms with Crippen molar-refractivity contribution in [2.75, 3.05) is 0 Å². The Balaban J connectivity index is 2.00. The zero-order chi connectivity index (χ0) is 21.0. The molecule has 1 fully saturated rings. The van der Waals surface area contributed by atoms with Crippen LogP contribution in [0.15, 0.2) is 72.8 Å². The number of rotatable bonds is 3. The van der Waals surface area contributed by atoms with Gasteiger partial charge in [0, 0.05) is 5.31 Å². The van der Waals surface area contributed by atoms with E-state index in [1.165, 1.54) is 19.3 Å². The molecule has 154 valence electrons. The van der Waals surface area contributed by atoms with E-state index in [1.54, 1.807) is 18.2 Å². The summed E-state index contributed by atoms with van der Waals surface area (Å²) in [6, 6.07) is 22.8. The highest BCUT2D eigenvalue weighted by Crippen LogP contribution is 2.44. The van der Waals surface area contributed by atoms with Gasteiger partial charge in [0.05, 0.1) is 0 Å². The van der Waals surface area contributed by atoms with Gasteiger partial charge in [-0.2, -0.15) is 0 Å². The van der Waals surface area contributed by atoms with Gasteiger partial charge >= 0.3 is 0 Å². The molecule has 0 amide bonds. The summed E-state index contributed by atoms with van der Waals surface area (Å²) in [7, 11) is 0. The summed E-state index contributed by atoms with van der Waals surface area (Å²) in [6.07, 6.45) is 7.68. The highest BCUT2D eigenvalue weighted by molar-refractivity contribution is 6.76. The Bertz CT molecular complexity index is 955. The van der Waals surface area contributed by atoms with Gasteiger partial charge in [-0.05, 0) is 53.9 Å². The first-order valence-electron chi connectivity index (χ1n) is 11.0. The third-order valence-corrected chi connectivity index (χ3v) is 6.65. The monoisotopic (exact) mass is 400 g/mol. The molecule has 0 aliphatic carbocycles. The van der Waals surface area contributed by atoms with Gasteiger partial charge in [-0.3, -0.25) is 0 Å². The predicted molar refractivity (Wildman–Crippen MR) is 123 cm³/mol. The van der Waals surface area contributed by atoms with Crippen LogP contribution >= 0.6 is 0 Å². The summed E-state index contributed by atoms with van der Waals surface area (Å²) < 4.78 is 0. The van der Waals surface area contributed by atoms with Crippen LogP contribution in [0.2, 0.25) is 6.32 Å². The van der Waals surface area contributed by atoms with Gasteiger partial charge in [0.25, 0.3) is 0 Å². The molecule has 3 aromatic carbocycles. The maximum atomic E-state index is 10.4. The van der Waals surface area contributed by atoms with Crippen LogP contribution < -0.4 is 5.46 Å². The zero-order valence-corrected chi connectivity index (χ0v) is 17.3. The van der Waals surface area contributed by atoms with Gasteiger partial charge in [0.1, 0.15) is 17.2 Å². The van der Waals surface area contributed by atoms with Crippen LogP contribution in [-0.4, -0.2) is 22.0 Å². The molecule has 0 radical (unpaired) electrons. The fraction of sp³-hybridized carbons (Fsp3) is 0.308. The van der Waals surface area contributed by atoms with E-state index in [2.05, 4.69) is 18.2 Å². The topological polar surface area (TPSA) is 60.7 Å². The summed E-state index contributed by atoms with van der Waals surface area (Å²) in [5.41, 5.74) is 3.22. The van der Waals surface area contributed by atoms with Crippen molar-refractivity contribution < 1.29 is 15.3 Å². The lowest BCUT2D eigenvalue weighted by atomic mass is 9.25. The van der Waals surface area contributed by atoms with E-state index >= 15 is 0 Å². The predicted octanol–water partition coefficient (Wildman–Crippen LogP) is 5.38. The first-order chi connectivity index (χ1) is 14.6. The first-order valence-corrected chi connectivity index (χ1v) is 11.0. The quantitative estimate of drug-likeness (QED) is 0.517. The highest BCUT2D eigenvalue weighted by Gasteiger charge is 2.45. The van der Waals surface area contributed by atoms with Crippen molar-refractivity contribution in [3.8, 4) is 17.2 Å². The summed E-state index contributed by atoms with van der Waals surface area (Å²) in [6.45, 7) is 0.117. The summed E-state index contributed by atoms with van der Waals surface area (Å²) >= 11 is 0. The van der Waals surface area contributed by atoms with Crippen LogP contribution in [0.3, 0.4) is 0 Å². The van der Waals surface area contributed by atoms with Gasteiger partial charge in [-0.15, -0.1) is 0 Å². The van der Waals surface area contributed by atoms with Gasteiger partial charge in [0.15, 0.2) is 6.71 Å². The Labute approximate surface area is 179 Å². The van der Waals surface area contributed by atoms with Crippen molar-refractivity contribution in [3.63, 3.8) is 0 Å². The molecule has 1 heterocycles. The third-order valence-electron chi connectivity index (χ3n) is 6.65. The summed E-state index contributed by atoms with van der Waals surface area (Å²) in [5.74, 6) is 0.774. The summed E-state index contributed by atoms with van der Waals surface area (Å²) in [4.78, 5) is 0. The molecule has 0 spiro atoms. The Morgan fingerprint density at radius 1 is 0.600 bits per heavy atom. The molecule has 1 aliphatic rings. The van der Waals surface area contributed by atoms with Crippen molar-refractivity contribution in [1.82, 2.24) is 0 Å². The van der Waals surface area contributed by atoms with Crippen LogP contribution in [0.25, 0.3) is 0 Å². The molecule has 3 N–H and O–H groups in total. The van der Waals surface area contributed by atoms with Crippen LogP contribution in [0.4, 0.5) is 0 Å². The standard InChI is InChI=1S/C26H29BO3/c28-23-12-6-9-20(17-23)26(21-10-7-13-24(29)18-21)15-4-2-1-3-5-16-27(26)22-11-8-14-25(30)19-22/h6-14,17-19,28-30H,1-5,15-16H2. The smallest absolute Gasteiger partial charge is 0.192 e. The molecular weight excluding hydrogens is 371 g/mol. The van der Waals surface area contributed by atoms with Crippen molar-refractivity contribution in [2.24, 2.45) is 0 Å². The van der Waals surface area contributed by atoms with E-state index in [0.29, 0.717) is 0 Å². The lowest BCUT2D eigenvalue weighted by Gasteiger charge is -2.41. The fourth-order valence-electron chi connectivity index (χ4n) is 5.32. The van der Waals surface area contributed by atoms with Gasteiger partial charge in [-0.25, -0.2) is 0 Å². The Hall–Kier alpha value is -2.88. The minimum atomic E-state index is -0.407. The lowest BCUT2D eigenvalue weighted by Crippen LogP contribution is -2.51. The SMILES string of the molecule is Oc1cccc(B2CCCCCCCC2(c2cccc(O)c2)c2cccc(O)c2)c1.